The molecule has 1 aliphatic heterocycles. The van der Waals surface area contributed by atoms with Crippen LogP contribution < -0.4 is 11.0 Å². The number of rotatable bonds is 7. The Kier molecular flexibility index (Phi) is 5.41. The number of nitrogens with one attached hydrogen (secondary N) is 1. The van der Waals surface area contributed by atoms with E-state index in [1.165, 1.54) is 4.68 Å². The van der Waals surface area contributed by atoms with Gasteiger partial charge in [0.2, 0.25) is 5.89 Å². The smallest absolute Gasteiger partial charge is 0.346 e. The minimum Gasteiger partial charge on any atom is -0.377 e. The second-order valence-electron chi connectivity index (χ2n) is 6.04. The predicted molar refractivity (Wildman–Crippen MR) is 85.6 cm³/mol. The zero-order valence-corrected chi connectivity index (χ0v) is 14.2. The molecule has 1 aliphatic rings. The first kappa shape index (κ1) is 16.8. The number of hydrogen-bond donors (Lipinski definition) is 1. The molecule has 0 amide bonds. The molecular formula is C15H24N6O3. The Hall–Kier alpha value is -2.00. The molecule has 0 bridgehead atoms. The van der Waals surface area contributed by atoms with Gasteiger partial charge < -0.3 is 14.6 Å². The summed E-state index contributed by atoms with van der Waals surface area (Å²) in [6, 6.07) is 0. The van der Waals surface area contributed by atoms with Crippen LogP contribution in [-0.4, -0.2) is 44.7 Å². The molecule has 0 aromatic carbocycles. The van der Waals surface area contributed by atoms with Gasteiger partial charge in [-0.25, -0.2) is 9.48 Å². The maximum atomic E-state index is 12.5. The third kappa shape index (κ3) is 3.73. The van der Waals surface area contributed by atoms with Crippen molar-refractivity contribution in [1.82, 2.24) is 29.8 Å². The second-order valence-corrected chi connectivity index (χ2v) is 6.04. The fourth-order valence-corrected chi connectivity index (χ4v) is 3.07. The number of methoxy groups -OCH3 is 1. The Labute approximate surface area is 140 Å². The number of aromatic nitrogens is 5. The number of ether oxygens (including phenoxy) is 1. The van der Waals surface area contributed by atoms with E-state index in [0.717, 1.165) is 38.2 Å². The van der Waals surface area contributed by atoms with E-state index in [0.29, 0.717) is 24.2 Å². The number of hydrogen-bond acceptors (Lipinski definition) is 7. The largest absolute Gasteiger partial charge is 0.377 e. The highest BCUT2D eigenvalue weighted by Gasteiger charge is 2.20. The quantitative estimate of drug-likeness (QED) is 0.770. The van der Waals surface area contributed by atoms with Gasteiger partial charge in [0.05, 0.1) is 0 Å². The van der Waals surface area contributed by atoms with E-state index < -0.39 is 0 Å². The molecule has 1 saturated heterocycles. The maximum absolute atomic E-state index is 12.5. The monoisotopic (exact) mass is 336 g/mol. The molecule has 3 rings (SSSR count). The highest BCUT2D eigenvalue weighted by Crippen LogP contribution is 2.16. The molecule has 2 aromatic rings. The lowest BCUT2D eigenvalue weighted by Gasteiger charge is -2.21. The van der Waals surface area contributed by atoms with Gasteiger partial charge in [0.15, 0.2) is 5.82 Å². The highest BCUT2D eigenvalue weighted by molar-refractivity contribution is 4.93. The van der Waals surface area contributed by atoms with Gasteiger partial charge in [-0.15, -0.1) is 0 Å². The fraction of sp³-hybridized carbons (Fsp3) is 0.733. The van der Waals surface area contributed by atoms with E-state index in [-0.39, 0.29) is 18.8 Å². The summed E-state index contributed by atoms with van der Waals surface area (Å²) >= 11 is 0. The molecule has 0 aliphatic carbocycles. The molecule has 0 atom stereocenters. The lowest BCUT2D eigenvalue weighted by Crippen LogP contribution is -2.30. The normalized spacial score (nSPS) is 15.9. The van der Waals surface area contributed by atoms with E-state index in [1.54, 1.807) is 11.7 Å². The molecule has 132 valence electrons. The summed E-state index contributed by atoms with van der Waals surface area (Å²) in [6.07, 6.45) is 3.07. The zero-order valence-electron chi connectivity index (χ0n) is 14.2. The van der Waals surface area contributed by atoms with Gasteiger partial charge in [0, 0.05) is 20.1 Å². The van der Waals surface area contributed by atoms with Gasteiger partial charge in [-0.05, 0) is 38.8 Å². The number of piperidine rings is 1. The minimum atomic E-state index is -0.132. The van der Waals surface area contributed by atoms with Crippen LogP contribution in [0, 0.1) is 5.92 Å². The molecule has 0 radical (unpaired) electrons. The molecule has 2 aromatic heterocycles. The lowest BCUT2D eigenvalue weighted by molar-refractivity contribution is 0.174. The van der Waals surface area contributed by atoms with Crippen molar-refractivity contribution in [2.75, 3.05) is 20.2 Å². The Morgan fingerprint density at radius 3 is 2.88 bits per heavy atom. The SMILES string of the molecule is CCn1c(CC2CCNCC2)nn(Cc2nc(COC)no2)c1=O. The van der Waals surface area contributed by atoms with E-state index in [1.807, 2.05) is 6.92 Å². The number of nitrogens with zero attached hydrogens (tertiary/aromatic N) is 5. The average molecular weight is 336 g/mol. The molecule has 9 nitrogen and oxygen atoms in total. The first-order valence-electron chi connectivity index (χ1n) is 8.39. The van der Waals surface area contributed by atoms with Crippen LogP contribution in [0.4, 0.5) is 0 Å². The molecule has 0 saturated carbocycles. The lowest BCUT2D eigenvalue weighted by atomic mass is 9.94. The van der Waals surface area contributed by atoms with Crippen LogP contribution in [0.5, 0.6) is 0 Å². The maximum Gasteiger partial charge on any atom is 0.346 e. The molecule has 1 fully saturated rings. The van der Waals surface area contributed by atoms with E-state index in [9.17, 15) is 4.79 Å². The zero-order chi connectivity index (χ0) is 16.9. The van der Waals surface area contributed by atoms with Gasteiger partial charge in [0.25, 0.3) is 0 Å². The van der Waals surface area contributed by atoms with Gasteiger partial charge in [-0.3, -0.25) is 4.57 Å². The van der Waals surface area contributed by atoms with E-state index >= 15 is 0 Å². The average Bonchev–Trinajstić information content (AvgIpc) is 3.14. The summed E-state index contributed by atoms with van der Waals surface area (Å²) in [5.41, 5.74) is -0.132. The Bertz CT molecular complexity index is 713. The Morgan fingerprint density at radius 1 is 1.38 bits per heavy atom. The first-order valence-corrected chi connectivity index (χ1v) is 8.39. The fourth-order valence-electron chi connectivity index (χ4n) is 3.07. The summed E-state index contributed by atoms with van der Waals surface area (Å²) in [4.78, 5) is 16.7. The van der Waals surface area contributed by atoms with E-state index in [2.05, 4.69) is 20.6 Å². The molecule has 0 unspecified atom stereocenters. The second kappa shape index (κ2) is 7.71. The molecule has 3 heterocycles. The van der Waals surface area contributed by atoms with Gasteiger partial charge >= 0.3 is 5.69 Å². The van der Waals surface area contributed by atoms with Crippen LogP contribution in [-0.2, 0) is 30.9 Å². The van der Waals surface area contributed by atoms with Gasteiger partial charge in [0.1, 0.15) is 19.0 Å². The van der Waals surface area contributed by atoms with Crippen molar-refractivity contribution in [2.45, 2.75) is 45.9 Å². The predicted octanol–water partition coefficient (Wildman–Crippen LogP) is 0.185. The molecule has 1 N–H and O–H groups in total. The molecular weight excluding hydrogens is 312 g/mol. The van der Waals surface area contributed by atoms with Crippen molar-refractivity contribution in [3.8, 4) is 0 Å². The van der Waals surface area contributed by atoms with Crippen molar-refractivity contribution in [3.05, 3.63) is 28.0 Å². The Balaban J connectivity index is 1.76. The van der Waals surface area contributed by atoms with Crippen LogP contribution in [0.15, 0.2) is 9.32 Å². The van der Waals surface area contributed by atoms with Gasteiger partial charge in [-0.1, -0.05) is 5.16 Å². The van der Waals surface area contributed by atoms with Crippen molar-refractivity contribution in [1.29, 1.82) is 0 Å². The third-order valence-corrected chi connectivity index (χ3v) is 4.31. The van der Waals surface area contributed by atoms with Crippen LogP contribution in [0.1, 0.15) is 37.3 Å². The topological polar surface area (TPSA) is 100 Å². The molecule has 9 heteroatoms. The minimum absolute atomic E-state index is 0.132. The van der Waals surface area contributed by atoms with E-state index in [4.69, 9.17) is 9.26 Å². The summed E-state index contributed by atoms with van der Waals surface area (Å²) in [5, 5.41) is 11.7. The van der Waals surface area contributed by atoms with Gasteiger partial charge in [-0.2, -0.15) is 10.1 Å². The third-order valence-electron chi connectivity index (χ3n) is 4.31. The molecule has 24 heavy (non-hydrogen) atoms. The Morgan fingerprint density at radius 2 is 2.17 bits per heavy atom. The van der Waals surface area contributed by atoms with Crippen molar-refractivity contribution < 1.29 is 9.26 Å². The van der Waals surface area contributed by atoms with Crippen LogP contribution in [0.3, 0.4) is 0 Å². The van der Waals surface area contributed by atoms with Crippen molar-refractivity contribution >= 4 is 0 Å². The van der Waals surface area contributed by atoms with Crippen LogP contribution in [0.25, 0.3) is 0 Å². The highest BCUT2D eigenvalue weighted by atomic mass is 16.5. The van der Waals surface area contributed by atoms with Crippen molar-refractivity contribution in [3.63, 3.8) is 0 Å². The summed E-state index contributed by atoms with van der Waals surface area (Å²) < 4.78 is 13.2. The summed E-state index contributed by atoms with van der Waals surface area (Å²) in [5.74, 6) is 2.23. The van der Waals surface area contributed by atoms with Crippen molar-refractivity contribution in [2.24, 2.45) is 5.92 Å². The van der Waals surface area contributed by atoms with Crippen LogP contribution in [0.2, 0.25) is 0 Å². The summed E-state index contributed by atoms with van der Waals surface area (Å²) in [6.45, 7) is 5.10. The standard InChI is InChI=1S/C15H24N6O3/c1-3-20-13(8-11-4-6-16-7-5-11)18-21(15(20)22)9-14-17-12(10-23-2)19-24-14/h11,16H,3-10H2,1-2H3. The molecule has 0 spiro atoms. The first-order chi connectivity index (χ1) is 11.7. The van der Waals surface area contributed by atoms with Crippen LogP contribution >= 0.6 is 0 Å². The summed E-state index contributed by atoms with van der Waals surface area (Å²) in [7, 11) is 1.57.